The zero-order valence-corrected chi connectivity index (χ0v) is 18.9. The number of carboxylic acids is 1. The highest BCUT2D eigenvalue weighted by molar-refractivity contribution is 8.26. The molecule has 0 aliphatic carbocycles. The lowest BCUT2D eigenvalue weighted by atomic mass is 10.1. The maximum atomic E-state index is 13.8. The number of carboxylic acid groups (broad SMARTS) is 1. The van der Waals surface area contributed by atoms with E-state index in [1.165, 1.54) is 28.8 Å². The molecule has 0 atom stereocenters. The second-order valence-electron chi connectivity index (χ2n) is 7.22. The van der Waals surface area contributed by atoms with E-state index in [-0.39, 0.29) is 24.1 Å². The van der Waals surface area contributed by atoms with E-state index >= 15 is 0 Å². The van der Waals surface area contributed by atoms with Gasteiger partial charge in [0, 0.05) is 31.5 Å². The van der Waals surface area contributed by atoms with Crippen molar-refractivity contribution in [2.75, 3.05) is 13.1 Å². The van der Waals surface area contributed by atoms with Gasteiger partial charge in [0.05, 0.1) is 4.91 Å². The minimum Gasteiger partial charge on any atom is -0.481 e. The van der Waals surface area contributed by atoms with Gasteiger partial charge in [-0.1, -0.05) is 55.0 Å². The zero-order valence-electron chi connectivity index (χ0n) is 17.3. The SMILES string of the molecule is O=C(O)CCCCCNC(=O)CCCCCN1C(=O)/C(=C/c2ccccc2F)SC1=S. The summed E-state index contributed by atoms with van der Waals surface area (Å²) in [5.41, 5.74) is 0.357. The van der Waals surface area contributed by atoms with Crippen molar-refractivity contribution in [1.29, 1.82) is 0 Å². The molecule has 1 heterocycles. The van der Waals surface area contributed by atoms with Crippen molar-refractivity contribution >= 4 is 52.2 Å². The van der Waals surface area contributed by atoms with Gasteiger partial charge >= 0.3 is 5.97 Å². The summed E-state index contributed by atoms with van der Waals surface area (Å²) in [6.07, 6.45) is 6.51. The molecule has 1 fully saturated rings. The van der Waals surface area contributed by atoms with E-state index in [1.807, 2.05) is 0 Å². The summed E-state index contributed by atoms with van der Waals surface area (Å²) in [6.45, 7) is 1.04. The lowest BCUT2D eigenvalue weighted by Gasteiger charge is -2.14. The Labute approximate surface area is 191 Å². The number of hydrogen-bond acceptors (Lipinski definition) is 5. The molecule has 1 aliphatic heterocycles. The molecule has 0 spiro atoms. The van der Waals surface area contributed by atoms with E-state index in [0.29, 0.717) is 47.1 Å². The van der Waals surface area contributed by atoms with Crippen LogP contribution in [0.1, 0.15) is 56.9 Å². The van der Waals surface area contributed by atoms with E-state index in [2.05, 4.69) is 5.32 Å². The predicted molar refractivity (Wildman–Crippen MR) is 124 cm³/mol. The Morgan fingerprint density at radius 1 is 1.10 bits per heavy atom. The van der Waals surface area contributed by atoms with Gasteiger partial charge < -0.3 is 10.4 Å². The summed E-state index contributed by atoms with van der Waals surface area (Å²) < 4.78 is 14.3. The van der Waals surface area contributed by atoms with Crippen molar-refractivity contribution in [1.82, 2.24) is 10.2 Å². The summed E-state index contributed by atoms with van der Waals surface area (Å²) in [5.74, 6) is -1.40. The molecule has 2 N–H and O–H groups in total. The van der Waals surface area contributed by atoms with Gasteiger partial charge in [-0.25, -0.2) is 4.39 Å². The first-order valence-electron chi connectivity index (χ1n) is 10.4. The summed E-state index contributed by atoms with van der Waals surface area (Å²) in [5, 5.41) is 11.4. The van der Waals surface area contributed by atoms with E-state index in [9.17, 15) is 18.8 Å². The van der Waals surface area contributed by atoms with Gasteiger partial charge in [-0.15, -0.1) is 0 Å². The van der Waals surface area contributed by atoms with Gasteiger partial charge in [0.1, 0.15) is 10.1 Å². The molecule has 0 saturated carbocycles. The van der Waals surface area contributed by atoms with Crippen LogP contribution in [0.4, 0.5) is 4.39 Å². The first kappa shape index (κ1) is 25.0. The second kappa shape index (κ2) is 13.2. The molecule has 0 radical (unpaired) electrons. The molecule has 1 aromatic rings. The Morgan fingerprint density at radius 2 is 1.81 bits per heavy atom. The van der Waals surface area contributed by atoms with Crippen molar-refractivity contribution in [3.05, 3.63) is 40.6 Å². The molecule has 9 heteroatoms. The monoisotopic (exact) mass is 466 g/mol. The number of amides is 2. The Kier molecular flexibility index (Phi) is 10.7. The van der Waals surface area contributed by atoms with E-state index in [4.69, 9.17) is 17.3 Å². The molecular weight excluding hydrogens is 439 g/mol. The Hall–Kier alpha value is -2.26. The van der Waals surface area contributed by atoms with Crippen LogP contribution in [0, 0.1) is 5.82 Å². The average molecular weight is 467 g/mol. The number of thioether (sulfide) groups is 1. The number of carbonyl (C=O) groups is 3. The van der Waals surface area contributed by atoms with Crippen LogP contribution in [0.5, 0.6) is 0 Å². The molecule has 1 saturated heterocycles. The fraction of sp³-hybridized carbons (Fsp3) is 0.455. The molecule has 2 amide bonds. The fourth-order valence-corrected chi connectivity index (χ4v) is 4.35. The predicted octanol–water partition coefficient (Wildman–Crippen LogP) is 4.35. The minimum absolute atomic E-state index is 0.0170. The van der Waals surface area contributed by atoms with Crippen LogP contribution in [0.15, 0.2) is 29.2 Å². The highest BCUT2D eigenvalue weighted by Crippen LogP contribution is 2.33. The number of benzene rings is 1. The van der Waals surface area contributed by atoms with Gasteiger partial charge in [-0.3, -0.25) is 19.3 Å². The van der Waals surface area contributed by atoms with E-state index < -0.39 is 5.97 Å². The van der Waals surface area contributed by atoms with Crippen LogP contribution in [-0.4, -0.2) is 45.2 Å². The molecule has 31 heavy (non-hydrogen) atoms. The summed E-state index contributed by atoms with van der Waals surface area (Å²) in [4.78, 5) is 36.7. The molecule has 6 nitrogen and oxygen atoms in total. The van der Waals surface area contributed by atoms with Crippen molar-refractivity contribution in [2.24, 2.45) is 0 Å². The van der Waals surface area contributed by atoms with Gasteiger partial charge in [-0.2, -0.15) is 0 Å². The van der Waals surface area contributed by atoms with Crippen molar-refractivity contribution in [3.8, 4) is 0 Å². The number of halogens is 1. The third-order valence-electron chi connectivity index (χ3n) is 4.74. The van der Waals surface area contributed by atoms with Crippen LogP contribution < -0.4 is 5.32 Å². The number of carbonyl (C=O) groups excluding carboxylic acids is 2. The largest absolute Gasteiger partial charge is 0.481 e. The van der Waals surface area contributed by atoms with Crippen LogP contribution >= 0.6 is 24.0 Å². The number of hydrogen-bond donors (Lipinski definition) is 2. The standard InChI is InChI=1S/C22H27FN2O4S2/c23-17-10-6-5-9-16(17)15-18-21(29)25(22(30)31-18)14-8-2-3-11-19(26)24-13-7-1-4-12-20(27)28/h5-6,9-10,15H,1-4,7-8,11-14H2,(H,24,26)(H,27,28)/b18-15-. The number of thiocarbonyl (C=S) groups is 1. The maximum Gasteiger partial charge on any atom is 0.303 e. The van der Waals surface area contributed by atoms with E-state index in [0.717, 1.165) is 25.7 Å². The van der Waals surface area contributed by atoms with Gasteiger partial charge in [-0.05, 0) is 37.8 Å². The van der Waals surface area contributed by atoms with E-state index in [1.54, 1.807) is 18.2 Å². The van der Waals surface area contributed by atoms with Gasteiger partial charge in [0.15, 0.2) is 0 Å². The number of nitrogens with zero attached hydrogens (tertiary/aromatic N) is 1. The summed E-state index contributed by atoms with van der Waals surface area (Å²) >= 11 is 6.47. The zero-order chi connectivity index (χ0) is 22.6. The first-order chi connectivity index (χ1) is 14.9. The maximum absolute atomic E-state index is 13.8. The number of rotatable bonds is 13. The molecular formula is C22H27FN2O4S2. The molecule has 1 aliphatic rings. The lowest BCUT2D eigenvalue weighted by Crippen LogP contribution is -2.29. The normalized spacial score (nSPS) is 15.0. The first-order valence-corrected chi connectivity index (χ1v) is 11.6. The quantitative estimate of drug-likeness (QED) is 0.255. The molecule has 0 aromatic heterocycles. The number of nitrogens with one attached hydrogen (secondary N) is 1. The molecule has 0 bridgehead atoms. The Bertz CT molecular complexity index is 845. The highest BCUT2D eigenvalue weighted by Gasteiger charge is 2.31. The second-order valence-corrected chi connectivity index (χ2v) is 8.90. The summed E-state index contributed by atoms with van der Waals surface area (Å²) in [6, 6.07) is 6.27. The number of unbranched alkanes of at least 4 members (excludes halogenated alkanes) is 4. The molecule has 168 valence electrons. The van der Waals surface area contributed by atoms with Gasteiger partial charge in [0.2, 0.25) is 5.91 Å². The average Bonchev–Trinajstić information content (AvgIpc) is 2.99. The minimum atomic E-state index is -0.795. The molecule has 1 aromatic carbocycles. The van der Waals surface area contributed by atoms with Gasteiger partial charge in [0.25, 0.3) is 5.91 Å². The fourth-order valence-electron chi connectivity index (χ4n) is 3.05. The van der Waals surface area contributed by atoms with Crippen LogP contribution in [0.25, 0.3) is 6.08 Å². The number of aliphatic carboxylic acids is 1. The third-order valence-corrected chi connectivity index (χ3v) is 6.12. The van der Waals surface area contributed by atoms with Crippen LogP contribution in [0.2, 0.25) is 0 Å². The summed E-state index contributed by atoms with van der Waals surface area (Å²) in [7, 11) is 0. The van der Waals surface area contributed by atoms with Crippen molar-refractivity contribution in [2.45, 2.75) is 51.4 Å². The van der Waals surface area contributed by atoms with Crippen LogP contribution in [-0.2, 0) is 14.4 Å². The smallest absolute Gasteiger partial charge is 0.303 e. The highest BCUT2D eigenvalue weighted by atomic mass is 32.2. The topological polar surface area (TPSA) is 86.7 Å². The third kappa shape index (κ3) is 8.78. The molecule has 0 unspecified atom stereocenters. The Balaban J connectivity index is 1.62. The lowest BCUT2D eigenvalue weighted by molar-refractivity contribution is -0.137. The Morgan fingerprint density at radius 3 is 2.55 bits per heavy atom. The molecule has 2 rings (SSSR count). The van der Waals surface area contributed by atoms with Crippen LogP contribution in [0.3, 0.4) is 0 Å². The van der Waals surface area contributed by atoms with Crippen molar-refractivity contribution in [3.63, 3.8) is 0 Å². The van der Waals surface area contributed by atoms with Crippen molar-refractivity contribution < 1.29 is 23.9 Å².